The van der Waals surface area contributed by atoms with Crippen LogP contribution in [0.3, 0.4) is 0 Å². The Labute approximate surface area is 166 Å². The van der Waals surface area contributed by atoms with Gasteiger partial charge in [0.25, 0.3) is 5.91 Å². The number of fused-ring (bicyclic) bond motifs is 1. The van der Waals surface area contributed by atoms with Gasteiger partial charge in [-0.25, -0.2) is 9.82 Å². The van der Waals surface area contributed by atoms with Gasteiger partial charge in [-0.2, -0.15) is 5.10 Å². The molecule has 0 atom stereocenters. The molecule has 2 N–H and O–H groups in total. The Balaban J connectivity index is 1.57. The third-order valence-electron chi connectivity index (χ3n) is 4.60. The molecule has 1 amide bonds. The Kier molecular flexibility index (Phi) is 5.07. The molecule has 4 rings (SSSR count). The number of hydrogen-bond acceptors (Lipinski definition) is 3. The second-order valence-electron chi connectivity index (χ2n) is 6.57. The Morgan fingerprint density at radius 1 is 1.03 bits per heavy atom. The van der Waals surface area contributed by atoms with Crippen LogP contribution in [0.25, 0.3) is 10.9 Å². The van der Waals surface area contributed by atoms with E-state index in [2.05, 4.69) is 15.1 Å². The van der Waals surface area contributed by atoms with Crippen LogP contribution < -0.4 is 5.43 Å². The van der Waals surface area contributed by atoms with Gasteiger partial charge in [-0.1, -0.05) is 42.5 Å². The number of phenolic OH excluding ortho intramolecular Hbond substituents is 1. The van der Waals surface area contributed by atoms with Crippen molar-refractivity contribution in [2.24, 2.45) is 5.10 Å². The van der Waals surface area contributed by atoms with Crippen molar-refractivity contribution in [3.63, 3.8) is 0 Å². The van der Waals surface area contributed by atoms with Gasteiger partial charge >= 0.3 is 0 Å². The SMILES string of the molecule is O=C(N/N=C\c1cn(Cc2ccc(F)cc2)c2ccccc12)c1ccccc1O. The lowest BCUT2D eigenvalue weighted by Gasteiger charge is -2.05. The van der Waals surface area contributed by atoms with Gasteiger partial charge < -0.3 is 9.67 Å². The number of hydrazone groups is 1. The first-order chi connectivity index (χ1) is 14.1. The van der Waals surface area contributed by atoms with Gasteiger partial charge in [-0.15, -0.1) is 0 Å². The highest BCUT2D eigenvalue weighted by atomic mass is 19.1. The number of carbonyl (C=O) groups excluding carboxylic acids is 1. The Bertz CT molecular complexity index is 1200. The lowest BCUT2D eigenvalue weighted by atomic mass is 10.2. The van der Waals surface area contributed by atoms with Crippen LogP contribution in [-0.4, -0.2) is 21.8 Å². The number of halogens is 1. The number of para-hydroxylation sites is 2. The Hall–Kier alpha value is -3.93. The lowest BCUT2D eigenvalue weighted by molar-refractivity contribution is 0.0952. The molecule has 1 heterocycles. The van der Waals surface area contributed by atoms with Crippen molar-refractivity contribution in [2.75, 3.05) is 0 Å². The summed E-state index contributed by atoms with van der Waals surface area (Å²) in [4.78, 5) is 12.2. The largest absolute Gasteiger partial charge is 0.507 e. The number of aromatic hydroxyl groups is 1. The number of hydrogen-bond donors (Lipinski definition) is 2. The van der Waals surface area contributed by atoms with Crippen LogP contribution in [0, 0.1) is 5.82 Å². The highest BCUT2D eigenvalue weighted by molar-refractivity contribution is 6.01. The first-order valence-electron chi connectivity index (χ1n) is 9.05. The minimum atomic E-state index is -0.491. The van der Waals surface area contributed by atoms with Crippen molar-refractivity contribution in [1.29, 1.82) is 0 Å². The summed E-state index contributed by atoms with van der Waals surface area (Å²) in [5, 5.41) is 14.8. The lowest BCUT2D eigenvalue weighted by Crippen LogP contribution is -2.17. The van der Waals surface area contributed by atoms with Crippen LogP contribution >= 0.6 is 0 Å². The van der Waals surface area contributed by atoms with E-state index in [0.29, 0.717) is 6.54 Å². The number of phenols is 1. The number of nitrogens with zero attached hydrogens (tertiary/aromatic N) is 2. The molecule has 0 spiro atoms. The molecular weight excluding hydrogens is 369 g/mol. The maximum atomic E-state index is 13.2. The van der Waals surface area contributed by atoms with Crippen LogP contribution in [0.1, 0.15) is 21.5 Å². The molecule has 0 bridgehead atoms. The van der Waals surface area contributed by atoms with Crippen molar-refractivity contribution >= 4 is 23.0 Å². The fourth-order valence-electron chi connectivity index (χ4n) is 3.18. The molecular formula is C23H18FN3O2. The number of aromatic nitrogens is 1. The molecule has 0 aliphatic heterocycles. The van der Waals surface area contributed by atoms with Crippen LogP contribution in [0.4, 0.5) is 4.39 Å². The summed E-state index contributed by atoms with van der Waals surface area (Å²) in [5.41, 5.74) is 5.41. The first kappa shape index (κ1) is 18.4. The molecule has 0 saturated heterocycles. The maximum Gasteiger partial charge on any atom is 0.275 e. The van der Waals surface area contributed by atoms with E-state index in [1.807, 2.05) is 30.5 Å². The molecule has 0 aliphatic carbocycles. The topological polar surface area (TPSA) is 66.6 Å². The van der Waals surface area contributed by atoms with Gasteiger partial charge in [0, 0.05) is 29.2 Å². The summed E-state index contributed by atoms with van der Waals surface area (Å²) >= 11 is 0. The van der Waals surface area contributed by atoms with E-state index in [4.69, 9.17) is 0 Å². The van der Waals surface area contributed by atoms with Gasteiger partial charge in [0.15, 0.2) is 0 Å². The van der Waals surface area contributed by atoms with Gasteiger partial charge in [-0.3, -0.25) is 4.79 Å². The van der Waals surface area contributed by atoms with Crippen LogP contribution in [-0.2, 0) is 6.54 Å². The number of carbonyl (C=O) groups is 1. The summed E-state index contributed by atoms with van der Waals surface area (Å²) in [6.45, 7) is 0.582. The smallest absolute Gasteiger partial charge is 0.275 e. The molecule has 4 aromatic rings. The molecule has 6 heteroatoms. The molecule has 3 aromatic carbocycles. The number of amides is 1. The zero-order valence-electron chi connectivity index (χ0n) is 15.4. The van der Waals surface area contributed by atoms with Crippen LogP contribution in [0.15, 0.2) is 84.1 Å². The third-order valence-corrected chi connectivity index (χ3v) is 4.60. The second-order valence-corrected chi connectivity index (χ2v) is 6.57. The van der Waals surface area contributed by atoms with Gasteiger partial charge in [0.05, 0.1) is 11.8 Å². The first-order valence-corrected chi connectivity index (χ1v) is 9.05. The Morgan fingerprint density at radius 3 is 2.55 bits per heavy atom. The van der Waals surface area contributed by atoms with E-state index >= 15 is 0 Å². The van der Waals surface area contributed by atoms with E-state index in [9.17, 15) is 14.3 Å². The van der Waals surface area contributed by atoms with E-state index in [1.54, 1.807) is 30.5 Å². The minimum Gasteiger partial charge on any atom is -0.507 e. The fraction of sp³-hybridized carbons (Fsp3) is 0.0435. The molecule has 144 valence electrons. The highest BCUT2D eigenvalue weighted by Gasteiger charge is 2.10. The molecule has 0 unspecified atom stereocenters. The summed E-state index contributed by atoms with van der Waals surface area (Å²) < 4.78 is 15.2. The van der Waals surface area contributed by atoms with Gasteiger partial charge in [0.1, 0.15) is 11.6 Å². The zero-order valence-corrected chi connectivity index (χ0v) is 15.4. The number of benzene rings is 3. The quantitative estimate of drug-likeness (QED) is 0.396. The predicted octanol–water partition coefficient (Wildman–Crippen LogP) is 4.30. The molecule has 0 saturated carbocycles. The maximum absolute atomic E-state index is 13.2. The Morgan fingerprint density at radius 2 is 1.76 bits per heavy atom. The summed E-state index contributed by atoms with van der Waals surface area (Å²) in [6, 6.07) is 20.5. The van der Waals surface area contributed by atoms with E-state index in [1.165, 1.54) is 24.3 Å². The average Bonchev–Trinajstić information content (AvgIpc) is 3.08. The van der Waals surface area contributed by atoms with Gasteiger partial charge in [-0.05, 0) is 35.9 Å². The zero-order chi connectivity index (χ0) is 20.2. The molecule has 0 fully saturated rings. The van der Waals surface area contributed by atoms with Crippen molar-refractivity contribution in [3.8, 4) is 5.75 Å². The normalized spacial score (nSPS) is 11.2. The van der Waals surface area contributed by atoms with Crippen molar-refractivity contribution in [1.82, 2.24) is 9.99 Å². The van der Waals surface area contributed by atoms with Crippen molar-refractivity contribution < 1.29 is 14.3 Å². The summed E-state index contributed by atoms with van der Waals surface area (Å²) in [5.74, 6) is -0.857. The molecule has 0 aliphatic rings. The van der Waals surface area contributed by atoms with E-state index in [0.717, 1.165) is 22.0 Å². The molecule has 5 nitrogen and oxygen atoms in total. The fourth-order valence-corrected chi connectivity index (χ4v) is 3.18. The average molecular weight is 387 g/mol. The number of nitrogens with one attached hydrogen (secondary N) is 1. The van der Waals surface area contributed by atoms with Crippen molar-refractivity contribution in [2.45, 2.75) is 6.54 Å². The van der Waals surface area contributed by atoms with Crippen LogP contribution in [0.2, 0.25) is 0 Å². The monoisotopic (exact) mass is 387 g/mol. The highest BCUT2D eigenvalue weighted by Crippen LogP contribution is 2.21. The standard InChI is InChI=1S/C23H18FN3O2/c24-18-11-9-16(10-12-18)14-27-15-17(19-5-1-3-7-21(19)27)13-25-26-23(29)20-6-2-4-8-22(20)28/h1-13,15,28H,14H2,(H,26,29)/b25-13-. The molecule has 1 aromatic heterocycles. The molecule has 29 heavy (non-hydrogen) atoms. The third kappa shape index (κ3) is 4.01. The molecule has 0 radical (unpaired) electrons. The summed E-state index contributed by atoms with van der Waals surface area (Å²) in [7, 11) is 0. The van der Waals surface area contributed by atoms with Crippen molar-refractivity contribution in [3.05, 3.63) is 102 Å². The number of rotatable bonds is 5. The predicted molar refractivity (Wildman–Crippen MR) is 111 cm³/mol. The van der Waals surface area contributed by atoms with E-state index in [-0.39, 0.29) is 17.1 Å². The van der Waals surface area contributed by atoms with Crippen LogP contribution in [0.5, 0.6) is 5.75 Å². The van der Waals surface area contributed by atoms with Gasteiger partial charge in [0.2, 0.25) is 0 Å². The second kappa shape index (κ2) is 7.98. The minimum absolute atomic E-state index is 0.101. The van der Waals surface area contributed by atoms with E-state index < -0.39 is 5.91 Å². The summed E-state index contributed by atoms with van der Waals surface area (Å²) in [6.07, 6.45) is 3.51.